The van der Waals surface area contributed by atoms with Crippen LogP contribution < -0.4 is 15.4 Å². The number of benzene rings is 1. The van der Waals surface area contributed by atoms with Gasteiger partial charge in [0.1, 0.15) is 6.10 Å². The molecule has 2 saturated carbocycles. The van der Waals surface area contributed by atoms with Crippen LogP contribution in [0.1, 0.15) is 66.4 Å². The Morgan fingerprint density at radius 2 is 1.85 bits per heavy atom. The molecule has 1 aliphatic heterocycles. The smallest absolute Gasteiger partial charge is 0.416 e. The second-order valence-electron chi connectivity index (χ2n) is 10.8. The topological polar surface area (TPSA) is 104 Å². The standard InChI is InChI=1S/C28H33F3N4O4/c29-28(30,31)19-4-1-3-18(13-19)26(37)33-15-24(36)34-21-16-35(17-21)22-9-11-27(38,12-10-22)20-7-8-25(32-14-20)39-23-5-2-6-23/h1,3-4,7-8,13-14,21-23,38H,2,5-6,9-12,15-17H2,(H,33,37)(H,34,36)/t22-,27-. The Bertz CT molecular complexity index is 1170. The van der Waals surface area contributed by atoms with E-state index in [1.165, 1.54) is 12.5 Å². The number of hydrogen-bond donors (Lipinski definition) is 3. The quantitative estimate of drug-likeness (QED) is 0.469. The van der Waals surface area contributed by atoms with E-state index in [0.717, 1.165) is 49.4 Å². The number of halogens is 3. The highest BCUT2D eigenvalue weighted by Crippen LogP contribution is 2.39. The zero-order valence-corrected chi connectivity index (χ0v) is 21.5. The van der Waals surface area contributed by atoms with Gasteiger partial charge in [0.2, 0.25) is 11.8 Å². The first kappa shape index (κ1) is 27.4. The lowest BCUT2D eigenvalue weighted by atomic mass is 9.77. The molecule has 2 amide bonds. The van der Waals surface area contributed by atoms with Crippen molar-refractivity contribution in [2.45, 2.75) is 74.9 Å². The highest BCUT2D eigenvalue weighted by atomic mass is 19.4. The number of likely N-dealkylation sites (tertiary alicyclic amines) is 1. The minimum atomic E-state index is -4.55. The minimum Gasteiger partial charge on any atom is -0.474 e. The molecule has 0 unspecified atom stereocenters. The monoisotopic (exact) mass is 546 g/mol. The van der Waals surface area contributed by atoms with Crippen LogP contribution in [0.4, 0.5) is 13.2 Å². The molecule has 0 atom stereocenters. The molecule has 2 aromatic rings. The molecule has 3 aliphatic rings. The molecule has 0 bridgehead atoms. The number of aromatic nitrogens is 1. The van der Waals surface area contributed by atoms with Gasteiger partial charge in [-0.05, 0) is 69.2 Å². The maximum absolute atomic E-state index is 12.9. The minimum absolute atomic E-state index is 0.0591. The van der Waals surface area contributed by atoms with E-state index in [2.05, 4.69) is 20.5 Å². The van der Waals surface area contributed by atoms with Crippen molar-refractivity contribution in [1.29, 1.82) is 0 Å². The molecule has 1 saturated heterocycles. The third kappa shape index (κ3) is 6.52. The molecule has 1 aromatic heterocycles. The molecule has 0 spiro atoms. The second-order valence-corrected chi connectivity index (χ2v) is 10.8. The summed E-state index contributed by atoms with van der Waals surface area (Å²) < 4.78 is 44.4. The lowest BCUT2D eigenvalue weighted by molar-refractivity contribution is -0.137. The number of hydrogen-bond acceptors (Lipinski definition) is 6. The van der Waals surface area contributed by atoms with E-state index in [1.807, 2.05) is 12.1 Å². The van der Waals surface area contributed by atoms with E-state index in [0.29, 0.717) is 37.9 Å². The van der Waals surface area contributed by atoms with Crippen LogP contribution in [0.3, 0.4) is 0 Å². The van der Waals surface area contributed by atoms with Crippen LogP contribution in [-0.4, -0.2) is 64.6 Å². The molecule has 3 N–H and O–H groups in total. The van der Waals surface area contributed by atoms with Crippen LogP contribution in [0.2, 0.25) is 0 Å². The number of nitrogens with zero attached hydrogens (tertiary/aromatic N) is 2. The van der Waals surface area contributed by atoms with Crippen molar-refractivity contribution in [2.75, 3.05) is 19.6 Å². The molecular formula is C28H33F3N4O4. The van der Waals surface area contributed by atoms with Gasteiger partial charge in [-0.25, -0.2) is 4.98 Å². The third-order valence-electron chi connectivity index (χ3n) is 8.05. The zero-order valence-electron chi connectivity index (χ0n) is 21.5. The number of ether oxygens (including phenoxy) is 1. The van der Waals surface area contributed by atoms with Gasteiger partial charge in [-0.1, -0.05) is 6.07 Å². The van der Waals surface area contributed by atoms with Gasteiger partial charge >= 0.3 is 6.18 Å². The van der Waals surface area contributed by atoms with Crippen molar-refractivity contribution in [3.8, 4) is 5.88 Å². The fourth-order valence-electron chi connectivity index (χ4n) is 5.40. The van der Waals surface area contributed by atoms with Crippen LogP contribution in [-0.2, 0) is 16.6 Å². The fraction of sp³-hybridized carbons (Fsp3) is 0.536. The van der Waals surface area contributed by atoms with E-state index in [1.54, 1.807) is 6.20 Å². The molecule has 2 heterocycles. The number of carbonyl (C=O) groups excluding carboxylic acids is 2. The van der Waals surface area contributed by atoms with Crippen molar-refractivity contribution in [1.82, 2.24) is 20.5 Å². The fourth-order valence-corrected chi connectivity index (χ4v) is 5.40. The van der Waals surface area contributed by atoms with E-state index in [4.69, 9.17) is 4.74 Å². The molecule has 3 fully saturated rings. The Hall–Kier alpha value is -3.18. The van der Waals surface area contributed by atoms with Gasteiger partial charge < -0.3 is 20.5 Å². The van der Waals surface area contributed by atoms with Crippen LogP contribution >= 0.6 is 0 Å². The summed E-state index contributed by atoms with van der Waals surface area (Å²) >= 11 is 0. The lowest BCUT2D eigenvalue weighted by Crippen LogP contribution is -2.63. The number of rotatable bonds is 8. The first-order valence-corrected chi connectivity index (χ1v) is 13.4. The zero-order chi connectivity index (χ0) is 27.6. The number of amides is 2. The van der Waals surface area contributed by atoms with Gasteiger partial charge in [0.05, 0.1) is 23.8 Å². The summed E-state index contributed by atoms with van der Waals surface area (Å²) in [5.41, 5.74) is -1.17. The van der Waals surface area contributed by atoms with Crippen molar-refractivity contribution in [3.05, 3.63) is 59.3 Å². The first-order valence-electron chi connectivity index (χ1n) is 13.4. The molecule has 39 heavy (non-hydrogen) atoms. The average Bonchev–Trinajstić information content (AvgIpc) is 2.87. The maximum atomic E-state index is 12.9. The molecule has 8 nitrogen and oxygen atoms in total. The average molecular weight is 547 g/mol. The van der Waals surface area contributed by atoms with Crippen LogP contribution in [0.5, 0.6) is 5.88 Å². The third-order valence-corrected chi connectivity index (χ3v) is 8.05. The second kappa shape index (κ2) is 11.1. The molecular weight excluding hydrogens is 513 g/mol. The molecule has 1 aromatic carbocycles. The number of pyridine rings is 1. The Morgan fingerprint density at radius 1 is 1.10 bits per heavy atom. The number of carbonyl (C=O) groups is 2. The highest BCUT2D eigenvalue weighted by molar-refractivity contribution is 5.96. The summed E-state index contributed by atoms with van der Waals surface area (Å²) in [5, 5.41) is 16.5. The van der Waals surface area contributed by atoms with Gasteiger partial charge in [0, 0.05) is 42.5 Å². The van der Waals surface area contributed by atoms with Gasteiger partial charge in [-0.2, -0.15) is 13.2 Å². The Morgan fingerprint density at radius 3 is 2.46 bits per heavy atom. The van der Waals surface area contributed by atoms with Crippen molar-refractivity contribution < 1.29 is 32.6 Å². The van der Waals surface area contributed by atoms with Gasteiger partial charge in [-0.3, -0.25) is 14.5 Å². The highest BCUT2D eigenvalue weighted by Gasteiger charge is 2.40. The Balaban J connectivity index is 1.01. The predicted octanol–water partition coefficient (Wildman–Crippen LogP) is 3.39. The van der Waals surface area contributed by atoms with Gasteiger partial charge in [-0.15, -0.1) is 0 Å². The van der Waals surface area contributed by atoms with E-state index in [-0.39, 0.29) is 24.3 Å². The lowest BCUT2D eigenvalue weighted by Gasteiger charge is -2.48. The summed E-state index contributed by atoms with van der Waals surface area (Å²) in [5.74, 6) is -0.531. The predicted molar refractivity (Wildman–Crippen MR) is 136 cm³/mol. The number of nitrogens with one attached hydrogen (secondary N) is 2. The van der Waals surface area contributed by atoms with Gasteiger partial charge in [0.15, 0.2) is 0 Å². The number of alkyl halides is 3. The molecule has 5 rings (SSSR count). The van der Waals surface area contributed by atoms with E-state index < -0.39 is 29.2 Å². The summed E-state index contributed by atoms with van der Waals surface area (Å²) in [6.45, 7) is 1.02. The number of aliphatic hydroxyl groups is 1. The summed E-state index contributed by atoms with van der Waals surface area (Å²) in [6.07, 6.45) is 3.64. The Labute approximate surface area is 224 Å². The normalized spacial score (nSPS) is 24.4. The van der Waals surface area contributed by atoms with Crippen molar-refractivity contribution in [2.24, 2.45) is 0 Å². The van der Waals surface area contributed by atoms with Crippen LogP contribution in [0.25, 0.3) is 0 Å². The largest absolute Gasteiger partial charge is 0.474 e. The van der Waals surface area contributed by atoms with Crippen LogP contribution in [0.15, 0.2) is 42.6 Å². The SMILES string of the molecule is O=C(CNC(=O)c1cccc(C(F)(F)F)c1)NC1CN([C@H]2CC[C@@](O)(c3ccc(OC4CCC4)nc3)CC2)C1. The first-order chi connectivity index (χ1) is 18.6. The molecule has 11 heteroatoms. The van der Waals surface area contributed by atoms with Crippen LogP contribution in [0, 0.1) is 0 Å². The molecule has 0 radical (unpaired) electrons. The van der Waals surface area contributed by atoms with Crippen molar-refractivity contribution in [3.63, 3.8) is 0 Å². The molecule has 2 aliphatic carbocycles. The van der Waals surface area contributed by atoms with Gasteiger partial charge in [0.25, 0.3) is 5.91 Å². The van der Waals surface area contributed by atoms with E-state index in [9.17, 15) is 27.9 Å². The summed E-state index contributed by atoms with van der Waals surface area (Å²) in [7, 11) is 0. The van der Waals surface area contributed by atoms with Crippen molar-refractivity contribution >= 4 is 11.8 Å². The summed E-state index contributed by atoms with van der Waals surface area (Å²) in [6, 6.07) is 8.07. The maximum Gasteiger partial charge on any atom is 0.416 e. The summed E-state index contributed by atoms with van der Waals surface area (Å²) in [4.78, 5) is 31.1. The Kier molecular flexibility index (Phi) is 7.82. The molecule has 210 valence electrons. The van der Waals surface area contributed by atoms with E-state index >= 15 is 0 Å².